The lowest BCUT2D eigenvalue weighted by Gasteiger charge is -2.36. The van der Waals surface area contributed by atoms with Crippen molar-refractivity contribution in [2.24, 2.45) is 0 Å². The van der Waals surface area contributed by atoms with Crippen molar-refractivity contribution in [1.82, 2.24) is 15.2 Å². The molecule has 0 spiro atoms. The summed E-state index contributed by atoms with van der Waals surface area (Å²) in [6.45, 7) is 5.31. The van der Waals surface area contributed by atoms with E-state index >= 15 is 0 Å². The molecule has 1 atom stereocenters. The molecule has 5 heteroatoms. The van der Waals surface area contributed by atoms with Crippen LogP contribution in [0.1, 0.15) is 35.2 Å². The minimum atomic E-state index is 0.00649. The first kappa shape index (κ1) is 15.0. The van der Waals surface area contributed by atoms with Crippen LogP contribution >= 0.6 is 11.3 Å². The summed E-state index contributed by atoms with van der Waals surface area (Å²) in [6.07, 6.45) is 1.91. The number of hydrogen-bond donors (Lipinski definition) is 1. The Kier molecular flexibility index (Phi) is 4.43. The lowest BCUT2D eigenvalue weighted by Crippen LogP contribution is -2.48. The van der Waals surface area contributed by atoms with Gasteiger partial charge in [0.2, 0.25) is 0 Å². The first-order chi connectivity index (χ1) is 10.7. The number of carbonyl (C=O) groups excluding carboxylic acids is 1. The molecular weight excluding hydrogens is 294 g/mol. The van der Waals surface area contributed by atoms with E-state index in [1.807, 2.05) is 23.3 Å². The number of thiazole rings is 1. The van der Waals surface area contributed by atoms with E-state index in [0.717, 1.165) is 23.5 Å². The zero-order valence-corrected chi connectivity index (χ0v) is 13.8. The Hall–Kier alpha value is -1.88. The Bertz CT molecular complexity index is 667. The molecule has 3 rings (SSSR count). The van der Waals surface area contributed by atoms with E-state index in [2.05, 4.69) is 35.4 Å². The normalized spacial score (nSPS) is 17.2. The molecule has 1 aromatic heterocycles. The fourth-order valence-electron chi connectivity index (χ4n) is 2.95. The van der Waals surface area contributed by atoms with Crippen LogP contribution in [0.5, 0.6) is 0 Å². The highest BCUT2D eigenvalue weighted by molar-refractivity contribution is 7.09. The molecule has 116 valence electrons. The monoisotopic (exact) mass is 315 g/mol. The second-order valence-electron chi connectivity index (χ2n) is 5.68. The highest BCUT2D eigenvalue weighted by Crippen LogP contribution is 2.24. The molecule has 1 unspecified atom stereocenters. The predicted octanol–water partition coefficient (Wildman–Crippen LogP) is 3.50. The SMILES string of the molecule is CCC1Cc2ccccc2CN1C(=O)NCc1csc(C)n1. The van der Waals surface area contributed by atoms with Crippen LogP contribution in [0.15, 0.2) is 29.6 Å². The van der Waals surface area contributed by atoms with Crippen molar-refractivity contribution < 1.29 is 4.79 Å². The Morgan fingerprint density at radius 1 is 1.41 bits per heavy atom. The van der Waals surface area contributed by atoms with Crippen LogP contribution < -0.4 is 5.32 Å². The topological polar surface area (TPSA) is 45.2 Å². The summed E-state index contributed by atoms with van der Waals surface area (Å²) in [7, 11) is 0. The number of amides is 2. The van der Waals surface area contributed by atoms with Gasteiger partial charge in [-0.3, -0.25) is 0 Å². The molecule has 1 aliphatic rings. The molecule has 0 fully saturated rings. The van der Waals surface area contributed by atoms with E-state index in [9.17, 15) is 4.79 Å². The largest absolute Gasteiger partial charge is 0.332 e. The summed E-state index contributed by atoms with van der Waals surface area (Å²) in [4.78, 5) is 18.9. The molecule has 2 heterocycles. The van der Waals surface area contributed by atoms with Crippen molar-refractivity contribution in [2.75, 3.05) is 0 Å². The molecule has 1 aromatic carbocycles. The molecule has 0 saturated heterocycles. The third-order valence-electron chi connectivity index (χ3n) is 4.17. The first-order valence-corrected chi connectivity index (χ1v) is 8.57. The minimum absolute atomic E-state index is 0.00649. The summed E-state index contributed by atoms with van der Waals surface area (Å²) in [6, 6.07) is 8.68. The van der Waals surface area contributed by atoms with Crippen LogP contribution in [0.2, 0.25) is 0 Å². The number of fused-ring (bicyclic) bond motifs is 1. The molecule has 2 aromatic rings. The molecule has 1 N–H and O–H groups in total. The van der Waals surface area contributed by atoms with E-state index in [-0.39, 0.29) is 12.1 Å². The first-order valence-electron chi connectivity index (χ1n) is 7.69. The predicted molar refractivity (Wildman–Crippen MR) is 88.9 cm³/mol. The van der Waals surface area contributed by atoms with Crippen LogP contribution in [0.25, 0.3) is 0 Å². The number of carbonyl (C=O) groups is 1. The second kappa shape index (κ2) is 6.48. The van der Waals surface area contributed by atoms with E-state index in [1.165, 1.54) is 11.1 Å². The van der Waals surface area contributed by atoms with Crippen molar-refractivity contribution >= 4 is 17.4 Å². The van der Waals surface area contributed by atoms with Gasteiger partial charge in [0, 0.05) is 18.0 Å². The second-order valence-corrected chi connectivity index (χ2v) is 6.74. The van der Waals surface area contributed by atoms with E-state index in [1.54, 1.807) is 11.3 Å². The number of nitrogens with one attached hydrogen (secondary N) is 1. The molecule has 0 saturated carbocycles. The van der Waals surface area contributed by atoms with Crippen molar-refractivity contribution in [1.29, 1.82) is 0 Å². The number of aryl methyl sites for hydroxylation is 1. The van der Waals surface area contributed by atoms with Gasteiger partial charge in [0.1, 0.15) is 0 Å². The standard InChI is InChI=1S/C17H21N3OS/c1-3-16-8-13-6-4-5-7-14(13)10-20(16)17(21)18-9-15-11-22-12(2)19-15/h4-7,11,16H,3,8-10H2,1-2H3,(H,18,21). The Morgan fingerprint density at radius 3 is 2.86 bits per heavy atom. The summed E-state index contributed by atoms with van der Waals surface area (Å²) in [5, 5.41) is 6.04. The van der Waals surface area contributed by atoms with Gasteiger partial charge in [-0.15, -0.1) is 11.3 Å². The third kappa shape index (κ3) is 3.14. The van der Waals surface area contributed by atoms with Crippen molar-refractivity contribution in [3.8, 4) is 0 Å². The molecule has 0 bridgehead atoms. The maximum absolute atomic E-state index is 12.5. The van der Waals surface area contributed by atoms with Crippen molar-refractivity contribution in [2.45, 2.75) is 45.8 Å². The van der Waals surface area contributed by atoms with E-state index < -0.39 is 0 Å². The van der Waals surface area contributed by atoms with Gasteiger partial charge in [0.25, 0.3) is 0 Å². The average molecular weight is 315 g/mol. The van der Waals surface area contributed by atoms with E-state index in [4.69, 9.17) is 0 Å². The van der Waals surface area contributed by atoms with Gasteiger partial charge in [0.05, 0.1) is 17.2 Å². The Morgan fingerprint density at radius 2 is 2.18 bits per heavy atom. The number of rotatable bonds is 3. The van der Waals surface area contributed by atoms with Gasteiger partial charge in [0.15, 0.2) is 0 Å². The average Bonchev–Trinajstić information content (AvgIpc) is 2.96. The Labute approximate surface area is 135 Å². The number of benzene rings is 1. The highest BCUT2D eigenvalue weighted by Gasteiger charge is 2.28. The molecule has 0 aliphatic carbocycles. The van der Waals surface area contributed by atoms with Gasteiger partial charge in [-0.25, -0.2) is 9.78 Å². The van der Waals surface area contributed by atoms with Crippen LogP contribution in [-0.2, 0) is 19.5 Å². The molecule has 1 aliphatic heterocycles. The zero-order chi connectivity index (χ0) is 15.5. The molecule has 4 nitrogen and oxygen atoms in total. The van der Waals surface area contributed by atoms with Gasteiger partial charge < -0.3 is 10.2 Å². The van der Waals surface area contributed by atoms with Gasteiger partial charge in [-0.05, 0) is 30.9 Å². The van der Waals surface area contributed by atoms with Gasteiger partial charge >= 0.3 is 6.03 Å². The zero-order valence-electron chi connectivity index (χ0n) is 13.0. The maximum Gasteiger partial charge on any atom is 0.318 e. The molecule has 0 radical (unpaired) electrons. The third-order valence-corrected chi connectivity index (χ3v) is 5.00. The summed E-state index contributed by atoms with van der Waals surface area (Å²) in [5.74, 6) is 0. The van der Waals surface area contributed by atoms with Crippen LogP contribution in [0.3, 0.4) is 0 Å². The summed E-state index contributed by atoms with van der Waals surface area (Å²) >= 11 is 1.61. The summed E-state index contributed by atoms with van der Waals surface area (Å²) in [5.41, 5.74) is 3.56. The number of nitrogens with zero attached hydrogens (tertiary/aromatic N) is 2. The number of urea groups is 1. The summed E-state index contributed by atoms with van der Waals surface area (Å²) < 4.78 is 0. The van der Waals surface area contributed by atoms with Gasteiger partial charge in [-0.1, -0.05) is 31.2 Å². The molecule has 2 amide bonds. The van der Waals surface area contributed by atoms with Crippen LogP contribution in [-0.4, -0.2) is 22.0 Å². The van der Waals surface area contributed by atoms with Crippen LogP contribution in [0.4, 0.5) is 4.79 Å². The molecular formula is C17H21N3OS. The lowest BCUT2D eigenvalue weighted by molar-refractivity contribution is 0.160. The maximum atomic E-state index is 12.5. The van der Waals surface area contributed by atoms with Crippen LogP contribution in [0, 0.1) is 6.92 Å². The fraction of sp³-hybridized carbons (Fsp3) is 0.412. The Balaban J connectivity index is 1.68. The minimum Gasteiger partial charge on any atom is -0.332 e. The van der Waals surface area contributed by atoms with E-state index in [0.29, 0.717) is 13.1 Å². The molecule has 22 heavy (non-hydrogen) atoms. The lowest BCUT2D eigenvalue weighted by atomic mass is 9.93. The highest BCUT2D eigenvalue weighted by atomic mass is 32.1. The quantitative estimate of drug-likeness (QED) is 0.942. The number of aromatic nitrogens is 1. The van der Waals surface area contributed by atoms with Gasteiger partial charge in [-0.2, -0.15) is 0 Å². The smallest absolute Gasteiger partial charge is 0.318 e. The van der Waals surface area contributed by atoms with Crippen molar-refractivity contribution in [3.05, 3.63) is 51.5 Å². The number of hydrogen-bond acceptors (Lipinski definition) is 3. The van der Waals surface area contributed by atoms with Crippen molar-refractivity contribution in [3.63, 3.8) is 0 Å². The fourth-order valence-corrected chi connectivity index (χ4v) is 3.56.